The molecular weight excluding hydrogens is 372 g/mol. The van der Waals surface area contributed by atoms with Crippen molar-refractivity contribution < 1.29 is 14.3 Å². The number of pyridine rings is 1. The lowest BCUT2D eigenvalue weighted by Crippen LogP contribution is -2.37. The van der Waals surface area contributed by atoms with Crippen molar-refractivity contribution >= 4 is 31.4 Å². The van der Waals surface area contributed by atoms with Crippen molar-refractivity contribution in [3.63, 3.8) is 0 Å². The van der Waals surface area contributed by atoms with Crippen LogP contribution >= 0.6 is 0 Å². The van der Waals surface area contributed by atoms with E-state index in [0.717, 1.165) is 35.9 Å². The second-order valence-corrected chi connectivity index (χ2v) is 10.5. The van der Waals surface area contributed by atoms with E-state index < -0.39 is 5.97 Å². The first-order valence-corrected chi connectivity index (χ1v) is 12.6. The number of ether oxygens (including phenoxy) is 2. The molecule has 1 aromatic carbocycles. The first kappa shape index (κ1) is 20.6. The van der Waals surface area contributed by atoms with Gasteiger partial charge in [-0.3, -0.25) is 4.79 Å². The maximum Gasteiger partial charge on any atom is 0.343 e. The summed E-state index contributed by atoms with van der Waals surface area (Å²) >= 11 is 0. The predicted molar refractivity (Wildman–Crippen MR) is 114 cm³/mol. The fourth-order valence-electron chi connectivity index (χ4n) is 3.33. The molecular formula is C21H29N2O4Si. The molecule has 151 valence electrons. The summed E-state index contributed by atoms with van der Waals surface area (Å²) in [4.78, 5) is 27.6. The smallest absolute Gasteiger partial charge is 0.343 e. The number of hydrogen-bond acceptors (Lipinski definition) is 5. The molecule has 1 radical (unpaired) electrons. The van der Waals surface area contributed by atoms with Crippen molar-refractivity contribution in [2.75, 3.05) is 31.2 Å². The summed E-state index contributed by atoms with van der Waals surface area (Å²) in [5, 5.41) is 0.534. The van der Waals surface area contributed by atoms with E-state index in [4.69, 9.17) is 9.47 Å². The minimum atomic E-state index is -0.583. The van der Waals surface area contributed by atoms with Crippen molar-refractivity contribution in [3.05, 3.63) is 39.7 Å². The number of aromatic nitrogens is 1. The number of rotatable bonds is 8. The number of nitrogens with zero attached hydrogens (tertiary/aromatic N) is 2. The van der Waals surface area contributed by atoms with Crippen LogP contribution in [0, 0.1) is 6.92 Å². The molecule has 1 aliphatic heterocycles. The SMILES string of the molecule is CCOC(=O)c1cn(COCC[Si](C)C)c2cc(N3CCC3)c(C)cc2c1=O. The molecule has 2 heterocycles. The van der Waals surface area contributed by atoms with Crippen LogP contribution < -0.4 is 10.3 Å². The van der Waals surface area contributed by atoms with Crippen LogP contribution in [0.25, 0.3) is 10.9 Å². The van der Waals surface area contributed by atoms with Crippen LogP contribution in [0.4, 0.5) is 5.69 Å². The Hall–Kier alpha value is -2.12. The minimum absolute atomic E-state index is 0.0600. The van der Waals surface area contributed by atoms with Crippen LogP contribution in [-0.2, 0) is 16.2 Å². The van der Waals surface area contributed by atoms with Gasteiger partial charge in [-0.2, -0.15) is 0 Å². The molecule has 0 N–H and O–H groups in total. The van der Waals surface area contributed by atoms with E-state index in [1.807, 2.05) is 17.6 Å². The first-order chi connectivity index (χ1) is 13.4. The molecule has 0 spiro atoms. The highest BCUT2D eigenvalue weighted by molar-refractivity contribution is 6.55. The van der Waals surface area contributed by atoms with Gasteiger partial charge in [0.25, 0.3) is 0 Å². The summed E-state index contributed by atoms with van der Waals surface area (Å²) in [6.07, 6.45) is 2.77. The standard InChI is InChI=1S/C21H29N2O4Si/c1-5-27-21(25)17-13-23(14-26-9-10-28(3)4)19-12-18(22-7-6-8-22)15(2)11-16(19)20(17)24/h11-13H,5-10,14H2,1-4H3. The highest BCUT2D eigenvalue weighted by Crippen LogP contribution is 2.29. The number of fused-ring (bicyclic) bond motifs is 1. The molecule has 1 aliphatic rings. The molecule has 1 fully saturated rings. The summed E-state index contributed by atoms with van der Waals surface area (Å²) in [7, 11) is -0.350. The number of carbonyl (C=O) groups excluding carboxylic acids is 1. The molecule has 3 rings (SSSR count). The molecule has 7 heteroatoms. The largest absolute Gasteiger partial charge is 0.462 e. The first-order valence-electron chi connectivity index (χ1n) is 9.89. The van der Waals surface area contributed by atoms with Crippen LogP contribution in [0.1, 0.15) is 29.3 Å². The van der Waals surface area contributed by atoms with E-state index in [1.54, 1.807) is 13.1 Å². The second-order valence-electron chi connectivity index (χ2n) is 7.55. The maximum absolute atomic E-state index is 13.0. The van der Waals surface area contributed by atoms with Gasteiger partial charge in [0, 0.05) is 45.8 Å². The second kappa shape index (κ2) is 8.92. The number of hydrogen-bond donors (Lipinski definition) is 0. The lowest BCUT2D eigenvalue weighted by Gasteiger charge is -2.34. The van der Waals surface area contributed by atoms with E-state index in [2.05, 4.69) is 24.1 Å². The molecule has 1 saturated heterocycles. The Morgan fingerprint density at radius 3 is 2.61 bits per heavy atom. The van der Waals surface area contributed by atoms with Crippen molar-refractivity contribution in [2.45, 2.75) is 46.1 Å². The van der Waals surface area contributed by atoms with Crippen molar-refractivity contribution in [2.24, 2.45) is 0 Å². The summed E-state index contributed by atoms with van der Waals surface area (Å²) in [6, 6.07) is 5.01. The monoisotopic (exact) mass is 401 g/mol. The van der Waals surface area contributed by atoms with Crippen LogP contribution in [0.15, 0.2) is 23.1 Å². The Bertz CT molecular complexity index is 919. The zero-order valence-electron chi connectivity index (χ0n) is 17.2. The number of anilines is 1. The van der Waals surface area contributed by atoms with Gasteiger partial charge in [-0.05, 0) is 44.0 Å². The van der Waals surface area contributed by atoms with E-state index >= 15 is 0 Å². The topological polar surface area (TPSA) is 60.8 Å². The molecule has 6 nitrogen and oxygen atoms in total. The Balaban J connectivity index is 2.05. The third-order valence-electron chi connectivity index (χ3n) is 5.07. The van der Waals surface area contributed by atoms with Crippen LogP contribution in [0.3, 0.4) is 0 Å². The third kappa shape index (κ3) is 4.30. The average Bonchev–Trinajstić information content (AvgIpc) is 2.60. The van der Waals surface area contributed by atoms with Crippen LogP contribution in [0.2, 0.25) is 19.1 Å². The Morgan fingerprint density at radius 2 is 2.00 bits per heavy atom. The molecule has 0 atom stereocenters. The van der Waals surface area contributed by atoms with Crippen molar-refractivity contribution in [3.8, 4) is 0 Å². The number of esters is 1. The lowest BCUT2D eigenvalue weighted by molar-refractivity contribution is 0.0521. The summed E-state index contributed by atoms with van der Waals surface area (Å²) in [5.41, 5.74) is 2.76. The van der Waals surface area contributed by atoms with Gasteiger partial charge in [0.2, 0.25) is 5.43 Å². The van der Waals surface area contributed by atoms with Gasteiger partial charge in [0.15, 0.2) is 0 Å². The number of aryl methyl sites for hydroxylation is 1. The number of carbonyl (C=O) groups is 1. The molecule has 1 aromatic heterocycles. The summed E-state index contributed by atoms with van der Waals surface area (Å²) in [5.74, 6) is -0.583. The normalized spacial score (nSPS) is 13.8. The van der Waals surface area contributed by atoms with Crippen LogP contribution in [-0.4, -0.2) is 45.6 Å². The predicted octanol–water partition coefficient (Wildman–Crippen LogP) is 3.43. The molecule has 0 unspecified atom stereocenters. The molecule has 2 aromatic rings. The van der Waals surface area contributed by atoms with Crippen molar-refractivity contribution in [1.82, 2.24) is 4.57 Å². The van der Waals surface area contributed by atoms with E-state index in [-0.39, 0.29) is 26.4 Å². The zero-order chi connectivity index (χ0) is 20.3. The molecule has 0 aliphatic carbocycles. The highest BCUT2D eigenvalue weighted by atomic mass is 28.3. The van der Waals surface area contributed by atoms with Gasteiger partial charge in [0.1, 0.15) is 12.3 Å². The van der Waals surface area contributed by atoms with Gasteiger partial charge in [-0.25, -0.2) is 4.79 Å². The zero-order valence-corrected chi connectivity index (χ0v) is 18.2. The molecule has 0 bridgehead atoms. The van der Waals surface area contributed by atoms with E-state index in [9.17, 15) is 9.59 Å². The molecule has 0 amide bonds. The van der Waals surface area contributed by atoms with Gasteiger partial charge >= 0.3 is 5.97 Å². The van der Waals surface area contributed by atoms with Gasteiger partial charge in [-0.1, -0.05) is 13.1 Å². The van der Waals surface area contributed by atoms with Gasteiger partial charge in [0.05, 0.1) is 12.1 Å². The minimum Gasteiger partial charge on any atom is -0.462 e. The molecule has 0 saturated carbocycles. The third-order valence-corrected chi connectivity index (χ3v) is 6.27. The lowest BCUT2D eigenvalue weighted by atomic mass is 10.0. The Morgan fingerprint density at radius 1 is 1.25 bits per heavy atom. The Labute approximate surface area is 167 Å². The Kier molecular flexibility index (Phi) is 6.56. The highest BCUT2D eigenvalue weighted by Gasteiger charge is 2.21. The number of benzene rings is 1. The molecule has 28 heavy (non-hydrogen) atoms. The fraction of sp³-hybridized carbons (Fsp3) is 0.524. The maximum atomic E-state index is 13.0. The quantitative estimate of drug-likeness (QED) is 0.385. The average molecular weight is 402 g/mol. The summed E-state index contributed by atoms with van der Waals surface area (Å²) in [6.45, 7) is 11.5. The van der Waals surface area contributed by atoms with Crippen molar-refractivity contribution in [1.29, 1.82) is 0 Å². The fourth-order valence-corrected chi connectivity index (χ4v) is 3.88. The van der Waals surface area contributed by atoms with Crippen LogP contribution in [0.5, 0.6) is 0 Å². The summed E-state index contributed by atoms with van der Waals surface area (Å²) < 4.78 is 12.8. The van der Waals surface area contributed by atoms with E-state index in [1.165, 1.54) is 6.42 Å². The van der Waals surface area contributed by atoms with E-state index in [0.29, 0.717) is 18.7 Å². The van der Waals surface area contributed by atoms with Gasteiger partial charge in [-0.15, -0.1) is 0 Å². The van der Waals surface area contributed by atoms with Gasteiger partial charge < -0.3 is 18.9 Å².